The van der Waals surface area contributed by atoms with E-state index >= 15 is 0 Å². The van der Waals surface area contributed by atoms with Crippen LogP contribution in [0.3, 0.4) is 0 Å². The molecule has 1 nitrogen and oxygen atoms in total. The summed E-state index contributed by atoms with van der Waals surface area (Å²) in [5.74, 6) is 0. The summed E-state index contributed by atoms with van der Waals surface area (Å²) in [5.41, 5.74) is 2.02. The Balaban J connectivity index is 2.58. The van der Waals surface area contributed by atoms with Crippen molar-refractivity contribution in [3.63, 3.8) is 0 Å². The molecule has 14 heavy (non-hydrogen) atoms. The lowest BCUT2D eigenvalue weighted by Gasteiger charge is -2.04. The zero-order chi connectivity index (χ0) is 9.97. The fourth-order valence-corrected chi connectivity index (χ4v) is 2.01. The van der Waals surface area contributed by atoms with Crippen LogP contribution in [0.5, 0.6) is 0 Å². The summed E-state index contributed by atoms with van der Waals surface area (Å²) in [7, 11) is 0. The standard InChI is InChI=1S/C11H6Br2N/c12-9-5-3-4-8(11(9)13)10-6-1-2-7-14-10/h1,3-7H. The van der Waals surface area contributed by atoms with E-state index in [0.29, 0.717) is 0 Å². The predicted octanol–water partition coefficient (Wildman–Crippen LogP) is 4.07. The minimum atomic E-state index is 0.942. The summed E-state index contributed by atoms with van der Waals surface area (Å²) in [6.45, 7) is 0. The van der Waals surface area contributed by atoms with E-state index < -0.39 is 0 Å². The van der Waals surface area contributed by atoms with Gasteiger partial charge in [0.1, 0.15) is 0 Å². The lowest BCUT2D eigenvalue weighted by Crippen LogP contribution is -1.83. The Bertz CT molecular complexity index is 440. The van der Waals surface area contributed by atoms with E-state index in [4.69, 9.17) is 0 Å². The molecule has 0 unspecified atom stereocenters. The first kappa shape index (κ1) is 9.87. The van der Waals surface area contributed by atoms with Crippen LogP contribution >= 0.6 is 31.9 Å². The molecule has 69 valence electrons. The van der Waals surface area contributed by atoms with Gasteiger partial charge in [-0.2, -0.15) is 0 Å². The maximum atomic E-state index is 4.24. The first-order chi connectivity index (χ1) is 6.79. The Morgan fingerprint density at radius 1 is 1.14 bits per heavy atom. The molecular weight excluding hydrogens is 306 g/mol. The van der Waals surface area contributed by atoms with Gasteiger partial charge < -0.3 is 0 Å². The zero-order valence-electron chi connectivity index (χ0n) is 7.17. The number of hydrogen-bond acceptors (Lipinski definition) is 1. The summed E-state index contributed by atoms with van der Waals surface area (Å²) in [6.07, 6.45) is 1.67. The molecule has 0 saturated carbocycles. The molecule has 1 aromatic heterocycles. The average Bonchev–Trinajstić information content (AvgIpc) is 2.23. The molecule has 0 bridgehead atoms. The van der Waals surface area contributed by atoms with Gasteiger partial charge in [0.05, 0.1) is 5.69 Å². The molecule has 2 aromatic rings. The second-order valence-electron chi connectivity index (χ2n) is 2.74. The number of aromatic nitrogens is 1. The van der Waals surface area contributed by atoms with Gasteiger partial charge in [0, 0.05) is 26.8 Å². The topological polar surface area (TPSA) is 12.9 Å². The number of nitrogens with zero attached hydrogens (tertiary/aromatic N) is 1. The molecule has 0 amide bonds. The summed E-state index contributed by atoms with van der Waals surface area (Å²) in [4.78, 5) is 4.24. The molecule has 0 aliphatic carbocycles. The third-order valence-corrected chi connectivity index (χ3v) is 3.89. The van der Waals surface area contributed by atoms with Crippen molar-refractivity contribution in [2.45, 2.75) is 0 Å². The highest BCUT2D eigenvalue weighted by Crippen LogP contribution is 2.32. The fraction of sp³-hybridized carbons (Fsp3) is 0. The van der Waals surface area contributed by atoms with Crippen molar-refractivity contribution in [2.75, 3.05) is 0 Å². The van der Waals surface area contributed by atoms with Crippen LogP contribution in [0.4, 0.5) is 0 Å². The van der Waals surface area contributed by atoms with Crippen LogP contribution in [0.2, 0.25) is 0 Å². The maximum Gasteiger partial charge on any atom is 0.0714 e. The molecule has 0 aliphatic heterocycles. The van der Waals surface area contributed by atoms with E-state index in [9.17, 15) is 0 Å². The smallest absolute Gasteiger partial charge is 0.0714 e. The van der Waals surface area contributed by atoms with E-state index in [1.54, 1.807) is 6.20 Å². The van der Waals surface area contributed by atoms with Crippen molar-refractivity contribution in [2.24, 2.45) is 0 Å². The predicted molar refractivity (Wildman–Crippen MR) is 63.9 cm³/mol. The summed E-state index contributed by atoms with van der Waals surface area (Å²) >= 11 is 6.98. The lowest BCUT2D eigenvalue weighted by atomic mass is 10.1. The second-order valence-corrected chi connectivity index (χ2v) is 4.39. The van der Waals surface area contributed by atoms with Crippen LogP contribution in [0.25, 0.3) is 11.3 Å². The van der Waals surface area contributed by atoms with E-state index in [0.717, 1.165) is 20.2 Å². The largest absolute Gasteiger partial charge is 0.256 e. The Hall–Kier alpha value is -0.670. The van der Waals surface area contributed by atoms with Gasteiger partial charge in [0.2, 0.25) is 0 Å². The first-order valence-electron chi connectivity index (χ1n) is 4.05. The Kier molecular flexibility index (Phi) is 2.99. The maximum absolute atomic E-state index is 4.24. The van der Waals surface area contributed by atoms with E-state index in [2.05, 4.69) is 42.9 Å². The third-order valence-electron chi connectivity index (χ3n) is 1.84. The van der Waals surface area contributed by atoms with Gasteiger partial charge >= 0.3 is 0 Å². The van der Waals surface area contributed by atoms with Crippen LogP contribution in [0.1, 0.15) is 0 Å². The average molecular weight is 312 g/mol. The van der Waals surface area contributed by atoms with Crippen molar-refractivity contribution in [3.8, 4) is 11.3 Å². The highest BCUT2D eigenvalue weighted by molar-refractivity contribution is 9.13. The minimum Gasteiger partial charge on any atom is -0.256 e. The van der Waals surface area contributed by atoms with Crippen molar-refractivity contribution in [3.05, 3.63) is 51.5 Å². The van der Waals surface area contributed by atoms with Crippen LogP contribution in [-0.4, -0.2) is 4.98 Å². The molecule has 0 fully saturated rings. The highest BCUT2D eigenvalue weighted by Gasteiger charge is 2.05. The van der Waals surface area contributed by atoms with Crippen molar-refractivity contribution >= 4 is 31.9 Å². The Morgan fingerprint density at radius 3 is 2.71 bits per heavy atom. The quantitative estimate of drug-likeness (QED) is 0.773. The lowest BCUT2D eigenvalue weighted by molar-refractivity contribution is 1.31. The van der Waals surface area contributed by atoms with Crippen molar-refractivity contribution < 1.29 is 0 Å². The summed E-state index contributed by atoms with van der Waals surface area (Å²) < 4.78 is 2.06. The van der Waals surface area contributed by atoms with Gasteiger partial charge in [0.25, 0.3) is 0 Å². The van der Waals surface area contributed by atoms with Crippen LogP contribution in [-0.2, 0) is 0 Å². The zero-order valence-corrected chi connectivity index (χ0v) is 10.3. The molecule has 0 atom stereocenters. The fourth-order valence-electron chi connectivity index (χ4n) is 1.18. The molecule has 0 spiro atoms. The SMILES string of the molecule is Brc1cccc(-c2cc[c]cn2)c1Br. The summed E-state index contributed by atoms with van der Waals surface area (Å²) in [6, 6.07) is 12.7. The molecule has 0 saturated heterocycles. The van der Waals surface area contributed by atoms with Crippen LogP contribution in [0.15, 0.2) is 45.5 Å². The van der Waals surface area contributed by atoms with E-state index in [1.807, 2.05) is 30.3 Å². The molecular formula is C11H6Br2N. The monoisotopic (exact) mass is 310 g/mol. The molecule has 1 aromatic carbocycles. The number of rotatable bonds is 1. The van der Waals surface area contributed by atoms with Gasteiger partial charge in [0.15, 0.2) is 0 Å². The Morgan fingerprint density at radius 2 is 2.00 bits per heavy atom. The third kappa shape index (κ3) is 1.88. The Labute approximate surface area is 99.4 Å². The van der Waals surface area contributed by atoms with Gasteiger partial charge in [-0.1, -0.05) is 18.2 Å². The molecule has 1 radical (unpaired) electrons. The van der Waals surface area contributed by atoms with Gasteiger partial charge in [-0.15, -0.1) is 0 Å². The van der Waals surface area contributed by atoms with Crippen LogP contribution in [0, 0.1) is 6.07 Å². The number of halogens is 2. The number of pyridine rings is 1. The number of hydrogen-bond donors (Lipinski definition) is 0. The van der Waals surface area contributed by atoms with Gasteiger partial charge in [-0.05, 0) is 44.0 Å². The molecule has 1 heterocycles. The van der Waals surface area contributed by atoms with Gasteiger partial charge in [-0.25, -0.2) is 0 Å². The van der Waals surface area contributed by atoms with Gasteiger partial charge in [-0.3, -0.25) is 4.98 Å². The molecule has 3 heteroatoms. The first-order valence-corrected chi connectivity index (χ1v) is 5.64. The highest BCUT2D eigenvalue weighted by atomic mass is 79.9. The normalized spacial score (nSPS) is 10.1. The summed E-state index contributed by atoms with van der Waals surface area (Å²) in [5, 5.41) is 0. The second kappa shape index (κ2) is 4.24. The van der Waals surface area contributed by atoms with Crippen molar-refractivity contribution in [1.29, 1.82) is 0 Å². The minimum absolute atomic E-state index is 0.942. The number of benzene rings is 1. The molecule has 0 N–H and O–H groups in total. The van der Waals surface area contributed by atoms with E-state index in [-0.39, 0.29) is 0 Å². The molecule has 0 aliphatic rings. The molecule has 2 rings (SSSR count). The van der Waals surface area contributed by atoms with Crippen molar-refractivity contribution in [1.82, 2.24) is 4.98 Å². The van der Waals surface area contributed by atoms with Crippen LogP contribution < -0.4 is 0 Å². The van der Waals surface area contributed by atoms with E-state index in [1.165, 1.54) is 0 Å².